The van der Waals surface area contributed by atoms with E-state index in [9.17, 15) is 4.79 Å². The zero-order valence-corrected chi connectivity index (χ0v) is 15.9. The number of anilines is 1. The molecule has 0 unspecified atom stereocenters. The monoisotopic (exact) mass is 391 g/mol. The Balaban J connectivity index is 1.62. The second-order valence-electron chi connectivity index (χ2n) is 5.93. The summed E-state index contributed by atoms with van der Waals surface area (Å²) in [6.07, 6.45) is 6.62. The molecule has 0 saturated carbocycles. The van der Waals surface area contributed by atoms with Gasteiger partial charge in [-0.25, -0.2) is 9.97 Å². The van der Waals surface area contributed by atoms with Crippen molar-refractivity contribution in [2.24, 2.45) is 0 Å². The van der Waals surface area contributed by atoms with Gasteiger partial charge in [0, 0.05) is 17.3 Å². The number of rotatable bonds is 6. The summed E-state index contributed by atoms with van der Waals surface area (Å²) in [7, 11) is 0. The highest BCUT2D eigenvalue weighted by Crippen LogP contribution is 2.31. The SMILES string of the molecule is CCCc1sc(NC(=O)c2cnnn2-c2ccccn2)nc1-c1ccccn1. The molecule has 4 heterocycles. The van der Waals surface area contributed by atoms with E-state index in [0.29, 0.717) is 10.9 Å². The van der Waals surface area contributed by atoms with Crippen LogP contribution in [-0.4, -0.2) is 35.9 Å². The Morgan fingerprint density at radius 3 is 2.68 bits per heavy atom. The number of carbonyl (C=O) groups is 1. The number of amides is 1. The number of aromatic nitrogens is 6. The Morgan fingerprint density at radius 1 is 1.14 bits per heavy atom. The maximum atomic E-state index is 12.8. The molecule has 4 aromatic rings. The Morgan fingerprint density at radius 2 is 1.96 bits per heavy atom. The fraction of sp³-hybridized carbons (Fsp3) is 0.158. The van der Waals surface area contributed by atoms with Gasteiger partial charge in [0.2, 0.25) is 0 Å². The van der Waals surface area contributed by atoms with E-state index in [1.54, 1.807) is 24.5 Å². The lowest BCUT2D eigenvalue weighted by Gasteiger charge is -2.04. The van der Waals surface area contributed by atoms with Gasteiger partial charge in [0.25, 0.3) is 5.91 Å². The molecule has 0 fully saturated rings. The van der Waals surface area contributed by atoms with Gasteiger partial charge in [-0.15, -0.1) is 16.4 Å². The molecule has 1 amide bonds. The van der Waals surface area contributed by atoms with Crippen LogP contribution in [0.25, 0.3) is 17.2 Å². The number of hydrogen-bond donors (Lipinski definition) is 1. The molecule has 0 aliphatic rings. The van der Waals surface area contributed by atoms with Crippen molar-refractivity contribution in [1.29, 1.82) is 0 Å². The highest BCUT2D eigenvalue weighted by molar-refractivity contribution is 7.16. The topological polar surface area (TPSA) is 98.5 Å². The summed E-state index contributed by atoms with van der Waals surface area (Å²) in [5.41, 5.74) is 1.88. The average molecular weight is 391 g/mol. The van der Waals surface area contributed by atoms with Crippen molar-refractivity contribution in [2.75, 3.05) is 5.32 Å². The smallest absolute Gasteiger partial charge is 0.277 e. The summed E-state index contributed by atoms with van der Waals surface area (Å²) in [6, 6.07) is 11.1. The van der Waals surface area contributed by atoms with Gasteiger partial charge in [0.05, 0.1) is 11.9 Å². The number of thiazole rings is 1. The van der Waals surface area contributed by atoms with Gasteiger partial charge in [-0.2, -0.15) is 4.68 Å². The minimum Gasteiger partial charge on any atom is -0.296 e. The van der Waals surface area contributed by atoms with Crippen LogP contribution in [0.5, 0.6) is 0 Å². The predicted molar refractivity (Wildman–Crippen MR) is 106 cm³/mol. The normalized spacial score (nSPS) is 10.8. The summed E-state index contributed by atoms with van der Waals surface area (Å²) < 4.78 is 1.40. The van der Waals surface area contributed by atoms with E-state index < -0.39 is 0 Å². The maximum absolute atomic E-state index is 12.8. The van der Waals surface area contributed by atoms with Gasteiger partial charge in [-0.1, -0.05) is 30.7 Å². The van der Waals surface area contributed by atoms with Crippen LogP contribution < -0.4 is 5.32 Å². The summed E-state index contributed by atoms with van der Waals surface area (Å²) >= 11 is 1.46. The van der Waals surface area contributed by atoms with Crippen LogP contribution >= 0.6 is 11.3 Å². The summed E-state index contributed by atoms with van der Waals surface area (Å²) in [5, 5.41) is 11.2. The largest absolute Gasteiger partial charge is 0.296 e. The van der Waals surface area contributed by atoms with E-state index in [4.69, 9.17) is 0 Å². The fourth-order valence-corrected chi connectivity index (χ4v) is 3.77. The molecule has 4 aromatic heterocycles. The minimum atomic E-state index is -0.347. The summed E-state index contributed by atoms with van der Waals surface area (Å²) in [4.78, 5) is 27.1. The van der Waals surface area contributed by atoms with Crippen molar-refractivity contribution >= 4 is 22.4 Å². The number of aryl methyl sites for hydroxylation is 1. The zero-order valence-electron chi connectivity index (χ0n) is 15.1. The fourth-order valence-electron chi connectivity index (χ4n) is 2.70. The molecule has 0 saturated heterocycles. The highest BCUT2D eigenvalue weighted by Gasteiger charge is 2.19. The van der Waals surface area contributed by atoms with Gasteiger partial charge in [-0.3, -0.25) is 15.1 Å². The van der Waals surface area contributed by atoms with E-state index in [2.05, 4.69) is 37.5 Å². The first-order valence-corrected chi connectivity index (χ1v) is 9.62. The molecule has 8 nitrogen and oxygen atoms in total. The summed E-state index contributed by atoms with van der Waals surface area (Å²) in [5.74, 6) is 0.171. The van der Waals surface area contributed by atoms with E-state index >= 15 is 0 Å². The lowest BCUT2D eigenvalue weighted by molar-refractivity contribution is 0.101. The standard InChI is InChI=1S/C19H17N7OS/c1-2-7-15-17(13-8-3-5-10-20-13)23-19(28-15)24-18(27)14-12-22-25-26(14)16-9-4-6-11-21-16/h3-6,8-12H,2,7H2,1H3,(H,23,24,27). The number of hydrogen-bond acceptors (Lipinski definition) is 7. The third-order valence-corrected chi connectivity index (χ3v) is 4.98. The van der Waals surface area contributed by atoms with Crippen molar-refractivity contribution in [3.8, 4) is 17.2 Å². The van der Waals surface area contributed by atoms with Crippen LogP contribution in [0, 0.1) is 0 Å². The lowest BCUT2D eigenvalue weighted by Crippen LogP contribution is -2.17. The quantitative estimate of drug-likeness (QED) is 0.541. The van der Waals surface area contributed by atoms with Gasteiger partial charge in [0.1, 0.15) is 5.69 Å². The third-order valence-electron chi connectivity index (χ3n) is 3.95. The Bertz CT molecular complexity index is 1080. The molecule has 0 atom stereocenters. The van der Waals surface area contributed by atoms with Crippen LogP contribution in [-0.2, 0) is 6.42 Å². The van der Waals surface area contributed by atoms with Crippen LogP contribution in [0.3, 0.4) is 0 Å². The van der Waals surface area contributed by atoms with Crippen molar-refractivity contribution < 1.29 is 4.79 Å². The minimum absolute atomic E-state index is 0.283. The molecule has 4 rings (SSSR count). The molecule has 0 aliphatic carbocycles. The van der Waals surface area contributed by atoms with Crippen molar-refractivity contribution in [2.45, 2.75) is 19.8 Å². The molecule has 28 heavy (non-hydrogen) atoms. The maximum Gasteiger partial charge on any atom is 0.277 e. The third kappa shape index (κ3) is 3.65. The van der Waals surface area contributed by atoms with E-state index in [1.807, 2.05) is 24.3 Å². The zero-order chi connectivity index (χ0) is 19.3. The number of nitrogens with one attached hydrogen (secondary N) is 1. The molecule has 0 spiro atoms. The van der Waals surface area contributed by atoms with Crippen molar-refractivity contribution in [3.05, 3.63) is 65.6 Å². The predicted octanol–water partition coefficient (Wildman–Crippen LogP) is 3.39. The van der Waals surface area contributed by atoms with E-state index in [-0.39, 0.29) is 11.6 Å². The van der Waals surface area contributed by atoms with E-state index in [0.717, 1.165) is 29.1 Å². The first kappa shape index (κ1) is 17.9. The molecular weight excluding hydrogens is 374 g/mol. The molecule has 0 bridgehead atoms. The molecule has 140 valence electrons. The van der Waals surface area contributed by atoms with Gasteiger partial charge < -0.3 is 0 Å². The number of carbonyl (C=O) groups excluding carboxylic acids is 1. The Labute approximate surface area is 165 Å². The average Bonchev–Trinajstić information content (AvgIpc) is 3.37. The van der Waals surface area contributed by atoms with Gasteiger partial charge >= 0.3 is 0 Å². The van der Waals surface area contributed by atoms with Crippen LogP contribution in [0.1, 0.15) is 28.7 Å². The van der Waals surface area contributed by atoms with Crippen molar-refractivity contribution in [1.82, 2.24) is 29.9 Å². The van der Waals surface area contributed by atoms with Crippen LogP contribution in [0.4, 0.5) is 5.13 Å². The van der Waals surface area contributed by atoms with Crippen LogP contribution in [0.2, 0.25) is 0 Å². The highest BCUT2D eigenvalue weighted by atomic mass is 32.1. The first-order chi connectivity index (χ1) is 13.8. The first-order valence-electron chi connectivity index (χ1n) is 8.81. The molecular formula is C19H17N7OS. The number of pyridine rings is 2. The van der Waals surface area contributed by atoms with Gasteiger partial charge in [0.15, 0.2) is 16.6 Å². The molecule has 1 N–H and O–H groups in total. The molecule has 0 aromatic carbocycles. The van der Waals surface area contributed by atoms with Crippen molar-refractivity contribution in [3.63, 3.8) is 0 Å². The second-order valence-corrected chi connectivity index (χ2v) is 7.01. The molecule has 0 aliphatic heterocycles. The summed E-state index contributed by atoms with van der Waals surface area (Å²) in [6.45, 7) is 2.11. The van der Waals surface area contributed by atoms with E-state index in [1.165, 1.54) is 22.2 Å². The lowest BCUT2D eigenvalue weighted by atomic mass is 10.2. The second kappa shape index (κ2) is 8.05. The van der Waals surface area contributed by atoms with Gasteiger partial charge in [-0.05, 0) is 30.7 Å². The Kier molecular flexibility index (Phi) is 5.16. The Hall–Kier alpha value is -3.46. The number of nitrogens with zero attached hydrogens (tertiary/aromatic N) is 6. The van der Waals surface area contributed by atoms with Crippen LogP contribution in [0.15, 0.2) is 55.0 Å². The molecule has 0 radical (unpaired) electrons. The molecule has 9 heteroatoms.